The van der Waals surface area contributed by atoms with Crippen LogP contribution < -0.4 is 15.4 Å². The first-order valence-electron chi connectivity index (χ1n) is 9.47. The minimum absolute atomic E-state index is 0.245. The molecule has 0 bridgehead atoms. The molecule has 0 saturated heterocycles. The Kier molecular flexibility index (Phi) is 5.04. The van der Waals surface area contributed by atoms with E-state index in [-0.39, 0.29) is 12.5 Å². The second-order valence-corrected chi connectivity index (χ2v) is 7.29. The molecule has 2 aliphatic rings. The van der Waals surface area contributed by atoms with Crippen molar-refractivity contribution < 1.29 is 19.1 Å². The fraction of sp³-hybridized carbons (Fsp3) is 0.450. The van der Waals surface area contributed by atoms with Crippen LogP contribution in [0.3, 0.4) is 0 Å². The number of aliphatic imine (C=N–C) groups is 1. The predicted octanol–water partition coefficient (Wildman–Crippen LogP) is 2.32. The van der Waals surface area contributed by atoms with Crippen molar-refractivity contribution in [2.75, 3.05) is 18.6 Å². The van der Waals surface area contributed by atoms with Crippen LogP contribution in [0.4, 0.5) is 5.69 Å². The normalized spacial score (nSPS) is 24.6. The maximum absolute atomic E-state index is 11.8. The Morgan fingerprint density at radius 2 is 2.14 bits per heavy atom. The van der Waals surface area contributed by atoms with E-state index >= 15 is 0 Å². The number of benzene rings is 1. The number of carbonyl (C=O) groups is 1. The molecule has 1 fully saturated rings. The van der Waals surface area contributed by atoms with Crippen LogP contribution in [0.5, 0.6) is 5.75 Å². The van der Waals surface area contributed by atoms with Crippen molar-refractivity contribution >= 4 is 28.9 Å². The summed E-state index contributed by atoms with van der Waals surface area (Å²) < 4.78 is 11.6. The summed E-state index contributed by atoms with van der Waals surface area (Å²) in [7, 11) is 1.57. The monoisotopic (exact) mass is 384 g/mol. The standard InChI is InChI=1S/C20H24N4O4/c1-27-18-8-14-17(9-15(18)24-7-6-22-10-16(24)19(21)26)28-20(23-14)13-4-2-12(11-25)3-5-13/h6-10,12-13,16,25H,2-5,11H2,1H3,(H2,21,26). The number of aliphatic hydroxyl groups is 1. The summed E-state index contributed by atoms with van der Waals surface area (Å²) in [5.41, 5.74) is 7.53. The van der Waals surface area contributed by atoms with Crippen LogP contribution in [0.2, 0.25) is 0 Å². The van der Waals surface area contributed by atoms with Crippen LogP contribution in [-0.4, -0.2) is 42.0 Å². The van der Waals surface area contributed by atoms with E-state index in [0.717, 1.165) is 25.7 Å². The minimum Gasteiger partial charge on any atom is -0.494 e. The molecule has 0 spiro atoms. The van der Waals surface area contributed by atoms with E-state index < -0.39 is 11.9 Å². The van der Waals surface area contributed by atoms with Gasteiger partial charge in [0.25, 0.3) is 0 Å². The number of hydrogen-bond acceptors (Lipinski definition) is 7. The van der Waals surface area contributed by atoms with E-state index in [9.17, 15) is 9.90 Å². The molecular formula is C20H24N4O4. The van der Waals surface area contributed by atoms with Crippen LogP contribution >= 0.6 is 0 Å². The highest BCUT2D eigenvalue weighted by Gasteiger charge is 2.28. The molecule has 0 radical (unpaired) electrons. The van der Waals surface area contributed by atoms with Gasteiger partial charge in [0.1, 0.15) is 17.3 Å². The number of ether oxygens (including phenoxy) is 1. The molecule has 148 valence electrons. The third kappa shape index (κ3) is 3.35. The Balaban J connectivity index is 1.68. The van der Waals surface area contributed by atoms with Crippen LogP contribution in [0.15, 0.2) is 33.9 Å². The average Bonchev–Trinajstić information content (AvgIpc) is 3.15. The molecule has 2 aromatic rings. The Bertz CT molecular complexity index is 928. The summed E-state index contributed by atoms with van der Waals surface area (Å²) >= 11 is 0. The molecule has 28 heavy (non-hydrogen) atoms. The van der Waals surface area contributed by atoms with Gasteiger partial charge in [0, 0.05) is 43.3 Å². The van der Waals surface area contributed by atoms with Crippen molar-refractivity contribution in [1.29, 1.82) is 0 Å². The fourth-order valence-corrected chi connectivity index (χ4v) is 3.94. The quantitative estimate of drug-likeness (QED) is 0.818. The van der Waals surface area contributed by atoms with E-state index in [1.54, 1.807) is 24.4 Å². The number of rotatable bonds is 5. The Hall–Kier alpha value is -2.87. The van der Waals surface area contributed by atoms with E-state index in [1.807, 2.05) is 12.1 Å². The van der Waals surface area contributed by atoms with Gasteiger partial charge in [-0.05, 0) is 31.6 Å². The molecule has 1 aromatic heterocycles. The number of amides is 1. The molecule has 4 rings (SSSR count). The first-order chi connectivity index (χ1) is 13.6. The zero-order chi connectivity index (χ0) is 19.7. The largest absolute Gasteiger partial charge is 0.494 e. The maximum Gasteiger partial charge on any atom is 0.246 e. The second kappa shape index (κ2) is 7.63. The van der Waals surface area contributed by atoms with Gasteiger partial charge in [0.05, 0.1) is 12.8 Å². The van der Waals surface area contributed by atoms with Gasteiger partial charge in [-0.25, -0.2) is 4.98 Å². The maximum atomic E-state index is 11.8. The number of anilines is 1. The lowest BCUT2D eigenvalue weighted by atomic mass is 9.82. The lowest BCUT2D eigenvalue weighted by molar-refractivity contribution is -0.117. The number of carbonyl (C=O) groups excluding carboxylic acids is 1. The molecule has 3 N–H and O–H groups in total. The number of methoxy groups -OCH3 is 1. The number of nitrogens with zero attached hydrogens (tertiary/aromatic N) is 3. The summed E-state index contributed by atoms with van der Waals surface area (Å²) in [5, 5.41) is 9.33. The zero-order valence-electron chi connectivity index (χ0n) is 15.7. The molecule has 1 unspecified atom stereocenters. The molecule has 2 heterocycles. The Labute approximate surface area is 162 Å². The number of fused-ring (bicyclic) bond motifs is 1. The molecule has 1 atom stereocenters. The SMILES string of the molecule is COc1cc2nc(C3CCC(CO)CC3)oc2cc1N1C=CN=CC1C(N)=O. The number of aliphatic hydroxyl groups excluding tert-OH is 1. The van der Waals surface area contributed by atoms with Crippen molar-refractivity contribution in [1.82, 2.24) is 4.98 Å². The van der Waals surface area contributed by atoms with Crippen molar-refractivity contribution in [2.24, 2.45) is 16.6 Å². The topological polar surface area (TPSA) is 114 Å². The summed E-state index contributed by atoms with van der Waals surface area (Å²) in [6, 6.07) is 2.94. The van der Waals surface area contributed by atoms with Gasteiger partial charge in [-0.3, -0.25) is 9.79 Å². The Morgan fingerprint density at radius 1 is 1.36 bits per heavy atom. The number of oxazole rings is 1. The van der Waals surface area contributed by atoms with Crippen molar-refractivity contribution in [3.63, 3.8) is 0 Å². The summed E-state index contributed by atoms with van der Waals surface area (Å²) in [5.74, 6) is 1.42. The van der Waals surface area contributed by atoms with E-state index in [4.69, 9.17) is 14.9 Å². The van der Waals surface area contributed by atoms with Crippen molar-refractivity contribution in [2.45, 2.75) is 37.6 Å². The summed E-state index contributed by atoms with van der Waals surface area (Å²) in [4.78, 5) is 22.2. The van der Waals surface area contributed by atoms with Gasteiger partial charge in [-0.2, -0.15) is 0 Å². The lowest BCUT2D eigenvalue weighted by Gasteiger charge is -2.28. The highest BCUT2D eigenvalue weighted by Crippen LogP contribution is 2.39. The van der Waals surface area contributed by atoms with Gasteiger partial charge in [0.2, 0.25) is 5.91 Å². The van der Waals surface area contributed by atoms with Gasteiger partial charge < -0.3 is 24.9 Å². The molecule has 8 heteroatoms. The predicted molar refractivity (Wildman–Crippen MR) is 105 cm³/mol. The van der Waals surface area contributed by atoms with Crippen LogP contribution in [0.25, 0.3) is 11.1 Å². The zero-order valence-corrected chi connectivity index (χ0v) is 15.7. The lowest BCUT2D eigenvalue weighted by Crippen LogP contribution is -2.44. The average molecular weight is 384 g/mol. The van der Waals surface area contributed by atoms with Gasteiger partial charge >= 0.3 is 0 Å². The third-order valence-corrected chi connectivity index (χ3v) is 5.57. The van der Waals surface area contributed by atoms with Crippen molar-refractivity contribution in [3.05, 3.63) is 30.4 Å². The number of nitrogens with two attached hydrogens (primary N) is 1. The van der Waals surface area contributed by atoms with Crippen molar-refractivity contribution in [3.8, 4) is 5.75 Å². The van der Waals surface area contributed by atoms with E-state index in [1.165, 1.54) is 6.21 Å². The minimum atomic E-state index is -0.701. The first kappa shape index (κ1) is 18.5. The van der Waals surface area contributed by atoms with Crippen LogP contribution in [-0.2, 0) is 4.79 Å². The fourth-order valence-electron chi connectivity index (χ4n) is 3.94. The highest BCUT2D eigenvalue weighted by atomic mass is 16.5. The van der Waals surface area contributed by atoms with E-state index in [2.05, 4.69) is 9.98 Å². The van der Waals surface area contributed by atoms with Crippen LogP contribution in [0.1, 0.15) is 37.5 Å². The number of aromatic nitrogens is 1. The molecule has 1 aromatic carbocycles. The van der Waals surface area contributed by atoms with Gasteiger partial charge in [-0.15, -0.1) is 0 Å². The summed E-state index contributed by atoms with van der Waals surface area (Å²) in [6.45, 7) is 0.245. The molecule has 1 saturated carbocycles. The molecular weight excluding hydrogens is 360 g/mol. The molecule has 1 amide bonds. The number of primary amides is 1. The highest BCUT2D eigenvalue weighted by molar-refractivity contribution is 6.02. The smallest absolute Gasteiger partial charge is 0.246 e. The van der Waals surface area contributed by atoms with Gasteiger partial charge in [-0.1, -0.05) is 0 Å². The molecule has 1 aliphatic heterocycles. The Morgan fingerprint density at radius 3 is 2.82 bits per heavy atom. The van der Waals surface area contributed by atoms with E-state index in [0.29, 0.717) is 34.3 Å². The third-order valence-electron chi connectivity index (χ3n) is 5.57. The summed E-state index contributed by atoms with van der Waals surface area (Å²) in [6.07, 6.45) is 8.64. The van der Waals surface area contributed by atoms with Crippen LogP contribution in [0, 0.1) is 5.92 Å². The van der Waals surface area contributed by atoms with Gasteiger partial charge in [0.15, 0.2) is 11.5 Å². The number of hydrogen-bond donors (Lipinski definition) is 2. The molecule has 8 nitrogen and oxygen atoms in total. The second-order valence-electron chi connectivity index (χ2n) is 7.29. The molecule has 1 aliphatic carbocycles. The first-order valence-corrected chi connectivity index (χ1v) is 9.47.